The second kappa shape index (κ2) is 3.36. The van der Waals surface area contributed by atoms with Crippen LogP contribution in [-0.2, 0) is 4.79 Å². The van der Waals surface area contributed by atoms with E-state index in [9.17, 15) is 4.79 Å². The molecule has 13 heavy (non-hydrogen) atoms. The molecule has 2 nitrogen and oxygen atoms in total. The Hall–Kier alpha value is -1.05. The summed E-state index contributed by atoms with van der Waals surface area (Å²) in [5, 5.41) is 3.22. The van der Waals surface area contributed by atoms with Gasteiger partial charge in [-0.1, -0.05) is 20.4 Å². The summed E-state index contributed by atoms with van der Waals surface area (Å²) < 4.78 is 0. The van der Waals surface area contributed by atoms with Gasteiger partial charge in [-0.2, -0.15) is 0 Å². The van der Waals surface area contributed by atoms with Gasteiger partial charge in [-0.05, 0) is 18.9 Å². The highest BCUT2D eigenvalue weighted by Gasteiger charge is 2.30. The highest BCUT2D eigenvalue weighted by molar-refractivity contribution is 6.05. The normalized spacial score (nSPS) is 21.3. The first-order chi connectivity index (χ1) is 5.97. The van der Waals surface area contributed by atoms with Gasteiger partial charge in [-0.3, -0.25) is 4.79 Å². The van der Waals surface area contributed by atoms with E-state index in [-0.39, 0.29) is 11.2 Å². The molecule has 1 aliphatic rings. The highest BCUT2D eigenvalue weighted by atomic mass is 16.1. The van der Waals surface area contributed by atoms with Crippen molar-refractivity contribution in [3.8, 4) is 0 Å². The average Bonchev–Trinajstić information content (AvgIpc) is 2.00. The summed E-state index contributed by atoms with van der Waals surface area (Å²) in [5.41, 5.74) is 1.78. The van der Waals surface area contributed by atoms with E-state index in [1.807, 2.05) is 6.92 Å². The van der Waals surface area contributed by atoms with Gasteiger partial charge in [-0.25, -0.2) is 0 Å². The Morgan fingerprint density at radius 2 is 2.23 bits per heavy atom. The first-order valence-corrected chi connectivity index (χ1v) is 4.65. The monoisotopic (exact) mass is 179 g/mol. The first kappa shape index (κ1) is 10.0. The molecule has 0 radical (unpaired) electrons. The highest BCUT2D eigenvalue weighted by Crippen LogP contribution is 2.35. The molecule has 0 aromatic rings. The summed E-state index contributed by atoms with van der Waals surface area (Å²) in [6.45, 7) is 10.9. The largest absolute Gasteiger partial charge is 0.388 e. The van der Waals surface area contributed by atoms with Crippen molar-refractivity contribution in [3.05, 3.63) is 23.9 Å². The van der Waals surface area contributed by atoms with Crippen LogP contribution in [0.2, 0.25) is 0 Å². The minimum atomic E-state index is 0.0288. The summed E-state index contributed by atoms with van der Waals surface area (Å²) >= 11 is 0. The lowest BCUT2D eigenvalue weighted by atomic mass is 9.77. The summed E-state index contributed by atoms with van der Waals surface area (Å²) in [6, 6.07) is 0. The van der Waals surface area contributed by atoms with Gasteiger partial charge in [0.15, 0.2) is 5.78 Å². The second-order valence-electron chi connectivity index (χ2n) is 4.12. The Morgan fingerprint density at radius 3 is 2.77 bits per heavy atom. The molecule has 2 heteroatoms. The van der Waals surface area contributed by atoms with E-state index in [0.29, 0.717) is 5.57 Å². The van der Waals surface area contributed by atoms with E-state index >= 15 is 0 Å². The van der Waals surface area contributed by atoms with Gasteiger partial charge in [0, 0.05) is 23.7 Å². The number of nitrogens with one attached hydrogen (secondary N) is 1. The number of ketones is 1. The van der Waals surface area contributed by atoms with Crippen molar-refractivity contribution in [2.24, 2.45) is 5.41 Å². The average molecular weight is 179 g/mol. The van der Waals surface area contributed by atoms with Gasteiger partial charge < -0.3 is 5.32 Å². The Bertz CT molecular complexity index is 274. The van der Waals surface area contributed by atoms with Crippen LogP contribution in [0.1, 0.15) is 27.2 Å². The van der Waals surface area contributed by atoms with E-state index in [0.717, 1.165) is 18.7 Å². The maximum absolute atomic E-state index is 11.4. The third-order valence-corrected chi connectivity index (χ3v) is 2.38. The van der Waals surface area contributed by atoms with Gasteiger partial charge >= 0.3 is 0 Å². The molecule has 0 saturated heterocycles. The number of carbonyl (C=O) groups excluding carboxylic acids is 1. The van der Waals surface area contributed by atoms with Crippen molar-refractivity contribution in [1.82, 2.24) is 5.32 Å². The lowest BCUT2D eigenvalue weighted by Gasteiger charge is -2.32. The lowest BCUT2D eigenvalue weighted by molar-refractivity contribution is -0.112. The van der Waals surface area contributed by atoms with Crippen molar-refractivity contribution in [3.63, 3.8) is 0 Å². The van der Waals surface area contributed by atoms with Crippen LogP contribution < -0.4 is 5.32 Å². The molecule has 1 aliphatic carbocycles. The summed E-state index contributed by atoms with van der Waals surface area (Å²) in [5.74, 6) is 0.0651. The Labute approximate surface area is 79.7 Å². The number of rotatable bonds is 2. The lowest BCUT2D eigenvalue weighted by Crippen LogP contribution is -2.32. The molecule has 1 rings (SSSR count). The van der Waals surface area contributed by atoms with Crippen molar-refractivity contribution >= 4 is 5.78 Å². The molecule has 0 amide bonds. The number of hydrogen-bond acceptors (Lipinski definition) is 2. The molecular formula is C11H17NO. The van der Waals surface area contributed by atoms with Crippen LogP contribution in [-0.4, -0.2) is 12.3 Å². The summed E-state index contributed by atoms with van der Waals surface area (Å²) in [7, 11) is 0. The summed E-state index contributed by atoms with van der Waals surface area (Å²) in [4.78, 5) is 11.4. The van der Waals surface area contributed by atoms with Crippen molar-refractivity contribution in [1.29, 1.82) is 0 Å². The van der Waals surface area contributed by atoms with Gasteiger partial charge in [-0.15, -0.1) is 0 Å². The van der Waals surface area contributed by atoms with E-state index in [1.165, 1.54) is 0 Å². The standard InChI is InChI=1S/C11H17NO/c1-5-12-10-6-9(13)8(2)7-11(10,3)4/h6,12H,2,5,7H2,1,3-4H3. The molecule has 1 N–H and O–H groups in total. The van der Waals surface area contributed by atoms with Crippen LogP contribution in [0.3, 0.4) is 0 Å². The molecule has 0 spiro atoms. The molecular weight excluding hydrogens is 162 g/mol. The molecule has 0 saturated carbocycles. The first-order valence-electron chi connectivity index (χ1n) is 4.65. The fraction of sp³-hybridized carbons (Fsp3) is 0.545. The van der Waals surface area contributed by atoms with Crippen LogP contribution in [0.5, 0.6) is 0 Å². The fourth-order valence-corrected chi connectivity index (χ4v) is 1.63. The van der Waals surface area contributed by atoms with E-state index < -0.39 is 0 Å². The van der Waals surface area contributed by atoms with Crippen molar-refractivity contribution in [2.75, 3.05) is 6.54 Å². The van der Waals surface area contributed by atoms with E-state index in [4.69, 9.17) is 0 Å². The molecule has 72 valence electrons. The van der Waals surface area contributed by atoms with E-state index in [2.05, 4.69) is 25.7 Å². The van der Waals surface area contributed by atoms with Crippen LogP contribution >= 0.6 is 0 Å². The molecule has 0 aromatic heterocycles. The summed E-state index contributed by atoms with van der Waals surface area (Å²) in [6.07, 6.45) is 2.43. The maximum Gasteiger partial charge on any atom is 0.182 e. The Morgan fingerprint density at radius 1 is 1.62 bits per heavy atom. The maximum atomic E-state index is 11.4. The van der Waals surface area contributed by atoms with Crippen LogP contribution in [0, 0.1) is 5.41 Å². The van der Waals surface area contributed by atoms with Gasteiger partial charge in [0.1, 0.15) is 0 Å². The van der Waals surface area contributed by atoms with Crippen molar-refractivity contribution in [2.45, 2.75) is 27.2 Å². The van der Waals surface area contributed by atoms with Gasteiger partial charge in [0.2, 0.25) is 0 Å². The zero-order valence-electron chi connectivity index (χ0n) is 8.61. The minimum absolute atomic E-state index is 0.0288. The van der Waals surface area contributed by atoms with Gasteiger partial charge in [0.05, 0.1) is 0 Å². The third kappa shape index (κ3) is 2.00. The smallest absolute Gasteiger partial charge is 0.182 e. The minimum Gasteiger partial charge on any atom is -0.388 e. The van der Waals surface area contributed by atoms with Crippen LogP contribution in [0.4, 0.5) is 0 Å². The zero-order valence-corrected chi connectivity index (χ0v) is 8.61. The zero-order chi connectivity index (χ0) is 10.1. The topological polar surface area (TPSA) is 29.1 Å². The predicted octanol–water partition coefficient (Wildman–Crippen LogP) is 2.04. The Kier molecular flexibility index (Phi) is 2.60. The van der Waals surface area contributed by atoms with Gasteiger partial charge in [0.25, 0.3) is 0 Å². The fourth-order valence-electron chi connectivity index (χ4n) is 1.63. The molecule has 0 aromatic carbocycles. The Balaban J connectivity index is 2.95. The number of allylic oxidation sites excluding steroid dienone is 3. The van der Waals surface area contributed by atoms with Crippen molar-refractivity contribution < 1.29 is 4.79 Å². The molecule has 0 fully saturated rings. The number of hydrogen-bond donors (Lipinski definition) is 1. The molecule has 0 bridgehead atoms. The molecule has 0 heterocycles. The number of carbonyl (C=O) groups is 1. The third-order valence-electron chi connectivity index (χ3n) is 2.38. The van der Waals surface area contributed by atoms with E-state index in [1.54, 1.807) is 6.08 Å². The van der Waals surface area contributed by atoms with Crippen LogP contribution in [0.15, 0.2) is 23.9 Å². The molecule has 0 aliphatic heterocycles. The molecule has 0 unspecified atom stereocenters. The SMILES string of the molecule is C=C1CC(C)(C)C(NCC)=CC1=O. The quantitative estimate of drug-likeness (QED) is 0.657. The predicted molar refractivity (Wildman–Crippen MR) is 54.3 cm³/mol. The van der Waals surface area contributed by atoms with Crippen LogP contribution in [0.25, 0.3) is 0 Å². The second-order valence-corrected chi connectivity index (χ2v) is 4.12. The molecule has 0 atom stereocenters.